The van der Waals surface area contributed by atoms with E-state index in [2.05, 4.69) is 15.6 Å². The Hall–Kier alpha value is -2.97. The molecule has 33 heavy (non-hydrogen) atoms. The summed E-state index contributed by atoms with van der Waals surface area (Å²) in [7, 11) is 0. The summed E-state index contributed by atoms with van der Waals surface area (Å²) in [6.45, 7) is 2.34. The second-order valence-corrected chi connectivity index (χ2v) is 10.5. The second kappa shape index (κ2) is 9.49. The van der Waals surface area contributed by atoms with Crippen molar-refractivity contribution in [3.8, 4) is 5.75 Å². The van der Waals surface area contributed by atoms with Gasteiger partial charge >= 0.3 is 0 Å². The average molecular weight is 480 g/mol. The Morgan fingerprint density at radius 3 is 2.88 bits per heavy atom. The number of nitrogens with one attached hydrogen (secondary N) is 2. The highest BCUT2D eigenvalue weighted by atomic mass is 32.1. The molecule has 0 unspecified atom stereocenters. The Bertz CT molecular complexity index is 1220. The number of hydrogen-bond acceptors (Lipinski definition) is 6. The third-order valence-electron chi connectivity index (χ3n) is 5.67. The van der Waals surface area contributed by atoms with Crippen molar-refractivity contribution < 1.29 is 14.3 Å². The molecule has 170 valence electrons. The fourth-order valence-electron chi connectivity index (χ4n) is 3.91. The highest BCUT2D eigenvalue weighted by Crippen LogP contribution is 2.39. The fraction of sp³-hybridized carbons (Fsp3) is 0.320. The molecule has 2 amide bonds. The van der Waals surface area contributed by atoms with E-state index in [9.17, 15) is 9.59 Å². The summed E-state index contributed by atoms with van der Waals surface area (Å²) in [5.41, 5.74) is 3.45. The molecule has 2 aromatic heterocycles. The maximum Gasteiger partial charge on any atom is 0.254 e. The largest absolute Gasteiger partial charge is 0.487 e. The van der Waals surface area contributed by atoms with E-state index >= 15 is 0 Å². The van der Waals surface area contributed by atoms with Gasteiger partial charge in [0.2, 0.25) is 5.91 Å². The number of rotatable bonds is 8. The van der Waals surface area contributed by atoms with Crippen molar-refractivity contribution >= 4 is 45.6 Å². The van der Waals surface area contributed by atoms with Gasteiger partial charge in [0.05, 0.1) is 16.3 Å². The first kappa shape index (κ1) is 21.9. The maximum atomic E-state index is 12.8. The lowest BCUT2D eigenvalue weighted by Gasteiger charge is -2.09. The van der Waals surface area contributed by atoms with E-state index in [-0.39, 0.29) is 17.9 Å². The zero-order valence-electron chi connectivity index (χ0n) is 18.3. The van der Waals surface area contributed by atoms with Crippen LogP contribution in [0.3, 0.4) is 0 Å². The van der Waals surface area contributed by atoms with Crippen molar-refractivity contribution in [3.05, 3.63) is 68.0 Å². The van der Waals surface area contributed by atoms with Crippen molar-refractivity contribution in [2.75, 3.05) is 5.32 Å². The van der Waals surface area contributed by atoms with E-state index < -0.39 is 0 Å². The van der Waals surface area contributed by atoms with E-state index in [0.29, 0.717) is 22.9 Å². The molecule has 1 saturated carbocycles. The lowest BCUT2D eigenvalue weighted by Crippen LogP contribution is -2.27. The van der Waals surface area contributed by atoms with Gasteiger partial charge in [0.1, 0.15) is 17.4 Å². The Balaban J connectivity index is 1.28. The molecular formula is C25H25N3O3S2. The molecular weight excluding hydrogens is 454 g/mol. The van der Waals surface area contributed by atoms with E-state index in [1.54, 1.807) is 17.4 Å². The van der Waals surface area contributed by atoms with Crippen LogP contribution in [-0.2, 0) is 24.2 Å². The monoisotopic (exact) mass is 479 g/mol. The summed E-state index contributed by atoms with van der Waals surface area (Å²) in [5.74, 6) is 0.360. The van der Waals surface area contributed by atoms with E-state index in [0.717, 1.165) is 53.9 Å². The van der Waals surface area contributed by atoms with Gasteiger partial charge in [0.25, 0.3) is 5.91 Å². The quantitative estimate of drug-likeness (QED) is 0.439. The number of thiazole rings is 1. The number of para-hydroxylation sites is 1. The number of ether oxygens (including phenoxy) is 1. The number of benzene rings is 1. The summed E-state index contributed by atoms with van der Waals surface area (Å²) in [4.78, 5) is 31.2. The number of amides is 2. The lowest BCUT2D eigenvalue weighted by atomic mass is 10.1. The smallest absolute Gasteiger partial charge is 0.254 e. The Morgan fingerprint density at radius 1 is 1.24 bits per heavy atom. The van der Waals surface area contributed by atoms with Crippen LogP contribution in [-0.4, -0.2) is 22.8 Å². The highest BCUT2D eigenvalue weighted by molar-refractivity contribution is 7.17. The molecule has 2 aliphatic rings. The van der Waals surface area contributed by atoms with Gasteiger partial charge in [-0.25, -0.2) is 4.98 Å². The predicted molar refractivity (Wildman–Crippen MR) is 132 cm³/mol. The molecule has 2 heterocycles. The Labute approximate surface area is 200 Å². The normalized spacial score (nSPS) is 14.9. The molecule has 2 aliphatic carbocycles. The van der Waals surface area contributed by atoms with Crippen LogP contribution in [0, 0.1) is 6.92 Å². The molecule has 1 aromatic carbocycles. The number of thiophene rings is 1. The van der Waals surface area contributed by atoms with Crippen LogP contribution in [0.2, 0.25) is 0 Å². The molecule has 0 bridgehead atoms. The minimum Gasteiger partial charge on any atom is -0.487 e. The SMILES string of the molecule is Cc1nc(COc2ccccc2/C=C/C(=O)Nc2sc3c(c2C(=O)NC2CC2)CCC3)cs1. The van der Waals surface area contributed by atoms with Gasteiger partial charge in [-0.2, -0.15) is 0 Å². The standard InChI is InChI=1S/C25H25N3O3S2/c1-15-26-18(14-32-15)13-31-20-7-3-2-5-16(20)9-12-22(29)28-25-23(24(30)27-17-10-11-17)19-6-4-8-21(19)33-25/h2-3,5,7,9,12,14,17H,4,6,8,10-11,13H2,1H3,(H,27,30)(H,28,29)/b12-9+. The zero-order chi connectivity index (χ0) is 22.8. The highest BCUT2D eigenvalue weighted by Gasteiger charge is 2.30. The fourth-order valence-corrected chi connectivity index (χ4v) is 5.80. The Morgan fingerprint density at radius 2 is 2.09 bits per heavy atom. The number of nitrogens with zero attached hydrogens (tertiary/aromatic N) is 1. The molecule has 2 N–H and O–H groups in total. The zero-order valence-corrected chi connectivity index (χ0v) is 20.0. The molecule has 3 aromatic rings. The third-order valence-corrected chi connectivity index (χ3v) is 7.70. The summed E-state index contributed by atoms with van der Waals surface area (Å²) in [6, 6.07) is 7.86. The van der Waals surface area contributed by atoms with Crippen molar-refractivity contribution in [3.63, 3.8) is 0 Å². The van der Waals surface area contributed by atoms with Crippen LogP contribution in [0.4, 0.5) is 5.00 Å². The number of carbonyl (C=O) groups excluding carboxylic acids is 2. The molecule has 5 rings (SSSR count). The first-order valence-electron chi connectivity index (χ1n) is 11.1. The topological polar surface area (TPSA) is 80.3 Å². The van der Waals surface area contributed by atoms with Crippen molar-refractivity contribution in [2.45, 2.75) is 51.7 Å². The van der Waals surface area contributed by atoms with Crippen LogP contribution in [0.25, 0.3) is 6.08 Å². The van der Waals surface area contributed by atoms with Crippen molar-refractivity contribution in [1.82, 2.24) is 10.3 Å². The van der Waals surface area contributed by atoms with Crippen LogP contribution in [0.5, 0.6) is 5.75 Å². The first-order chi connectivity index (χ1) is 16.1. The number of aryl methyl sites for hydroxylation is 2. The molecule has 0 spiro atoms. The molecule has 0 radical (unpaired) electrons. The first-order valence-corrected chi connectivity index (χ1v) is 12.8. The van der Waals surface area contributed by atoms with Gasteiger partial charge in [-0.05, 0) is 56.7 Å². The number of hydrogen-bond donors (Lipinski definition) is 2. The van der Waals surface area contributed by atoms with Crippen molar-refractivity contribution in [1.29, 1.82) is 0 Å². The van der Waals surface area contributed by atoms with Gasteiger partial charge in [-0.15, -0.1) is 22.7 Å². The molecule has 0 aliphatic heterocycles. The summed E-state index contributed by atoms with van der Waals surface area (Å²) in [6.07, 6.45) is 8.23. The average Bonchev–Trinajstić information content (AvgIpc) is 3.16. The third kappa shape index (κ3) is 5.17. The maximum absolute atomic E-state index is 12.8. The van der Waals surface area contributed by atoms with Gasteiger partial charge in [0, 0.05) is 27.9 Å². The van der Waals surface area contributed by atoms with Gasteiger partial charge in [0.15, 0.2) is 0 Å². The van der Waals surface area contributed by atoms with Gasteiger partial charge in [-0.3, -0.25) is 9.59 Å². The van der Waals surface area contributed by atoms with Gasteiger partial charge in [-0.1, -0.05) is 18.2 Å². The van der Waals surface area contributed by atoms with Gasteiger partial charge < -0.3 is 15.4 Å². The second-order valence-electron chi connectivity index (χ2n) is 8.32. The minimum absolute atomic E-state index is 0.0628. The molecule has 1 fully saturated rings. The van der Waals surface area contributed by atoms with E-state index in [4.69, 9.17) is 4.74 Å². The summed E-state index contributed by atoms with van der Waals surface area (Å²) < 4.78 is 5.93. The number of fused-ring (bicyclic) bond motifs is 1. The summed E-state index contributed by atoms with van der Waals surface area (Å²) >= 11 is 3.12. The molecule has 8 heteroatoms. The minimum atomic E-state index is -0.264. The molecule has 0 atom stereocenters. The predicted octanol–water partition coefficient (Wildman–Crippen LogP) is 5.12. The summed E-state index contributed by atoms with van der Waals surface area (Å²) in [5, 5.41) is 9.65. The van der Waals surface area contributed by atoms with Crippen LogP contribution < -0.4 is 15.4 Å². The van der Waals surface area contributed by atoms with Crippen LogP contribution in [0.1, 0.15) is 56.3 Å². The van der Waals surface area contributed by atoms with E-state index in [1.165, 1.54) is 22.3 Å². The lowest BCUT2D eigenvalue weighted by molar-refractivity contribution is -0.111. The van der Waals surface area contributed by atoms with Crippen LogP contribution in [0.15, 0.2) is 35.7 Å². The number of anilines is 1. The van der Waals surface area contributed by atoms with E-state index in [1.807, 2.05) is 36.6 Å². The molecule has 6 nitrogen and oxygen atoms in total. The number of carbonyl (C=O) groups is 2. The number of aromatic nitrogens is 1. The Kier molecular flexibility index (Phi) is 6.28. The van der Waals surface area contributed by atoms with Crippen LogP contribution >= 0.6 is 22.7 Å². The molecule has 0 saturated heterocycles. The van der Waals surface area contributed by atoms with Crippen molar-refractivity contribution in [2.24, 2.45) is 0 Å².